The van der Waals surface area contributed by atoms with E-state index >= 15 is 0 Å². The van der Waals surface area contributed by atoms with Crippen LogP contribution >= 0.6 is 11.6 Å². The number of nitrogens with one attached hydrogen (secondary N) is 1. The first-order valence-corrected chi connectivity index (χ1v) is 8.11. The predicted molar refractivity (Wildman–Crippen MR) is 96.5 cm³/mol. The van der Waals surface area contributed by atoms with E-state index in [1.54, 1.807) is 6.92 Å². The first-order chi connectivity index (χ1) is 11.7. The summed E-state index contributed by atoms with van der Waals surface area (Å²) in [5, 5.41) is 4.30. The number of pyridine rings is 1. The maximum absolute atomic E-state index is 12.4. The SMILES string of the molecule is CCOC(=O)c1c(Cl)nc2ccccc2c1NCc1ccccc1. The van der Waals surface area contributed by atoms with Gasteiger partial charge in [0.25, 0.3) is 0 Å². The van der Waals surface area contributed by atoms with Gasteiger partial charge in [0, 0.05) is 11.9 Å². The highest BCUT2D eigenvalue weighted by atomic mass is 35.5. The highest BCUT2D eigenvalue weighted by Crippen LogP contribution is 2.32. The van der Waals surface area contributed by atoms with Gasteiger partial charge in [-0.25, -0.2) is 9.78 Å². The second kappa shape index (κ2) is 7.32. The molecule has 0 aliphatic rings. The predicted octanol–water partition coefficient (Wildman–Crippen LogP) is 4.68. The molecule has 4 nitrogen and oxygen atoms in total. The first-order valence-electron chi connectivity index (χ1n) is 7.74. The Morgan fingerprint density at radius 1 is 1.12 bits per heavy atom. The number of halogens is 1. The largest absolute Gasteiger partial charge is 0.462 e. The molecule has 0 radical (unpaired) electrons. The first kappa shape index (κ1) is 16.3. The Balaban J connectivity index is 2.07. The van der Waals surface area contributed by atoms with Gasteiger partial charge in [-0.1, -0.05) is 60.1 Å². The van der Waals surface area contributed by atoms with Crippen LogP contribution in [0.1, 0.15) is 22.8 Å². The van der Waals surface area contributed by atoms with Crippen molar-refractivity contribution in [2.24, 2.45) is 0 Å². The van der Waals surface area contributed by atoms with Gasteiger partial charge in [-0.15, -0.1) is 0 Å². The number of rotatable bonds is 5. The smallest absolute Gasteiger partial charge is 0.343 e. The standard InChI is InChI=1S/C19H17ClN2O2/c1-2-24-19(23)16-17(21-12-13-8-4-3-5-9-13)14-10-6-7-11-15(14)22-18(16)20/h3-11H,2,12H2,1H3,(H,21,22). The van der Waals surface area contributed by atoms with Crippen molar-refractivity contribution in [1.29, 1.82) is 0 Å². The molecule has 0 aliphatic heterocycles. The quantitative estimate of drug-likeness (QED) is 0.541. The fourth-order valence-electron chi connectivity index (χ4n) is 2.54. The molecule has 1 heterocycles. The second-order valence-electron chi connectivity index (χ2n) is 5.23. The van der Waals surface area contributed by atoms with Crippen molar-refractivity contribution in [3.63, 3.8) is 0 Å². The molecule has 1 aromatic heterocycles. The molecule has 2 aromatic carbocycles. The van der Waals surface area contributed by atoms with Gasteiger partial charge in [0.05, 0.1) is 17.8 Å². The van der Waals surface area contributed by atoms with Crippen LogP contribution in [0.25, 0.3) is 10.9 Å². The zero-order valence-corrected chi connectivity index (χ0v) is 14.0. The van der Waals surface area contributed by atoms with E-state index in [4.69, 9.17) is 16.3 Å². The van der Waals surface area contributed by atoms with Crippen molar-refractivity contribution < 1.29 is 9.53 Å². The molecule has 5 heteroatoms. The molecule has 1 N–H and O–H groups in total. The number of benzene rings is 2. The van der Waals surface area contributed by atoms with E-state index in [0.29, 0.717) is 12.2 Å². The van der Waals surface area contributed by atoms with Crippen LogP contribution in [0.3, 0.4) is 0 Å². The van der Waals surface area contributed by atoms with Crippen molar-refractivity contribution >= 4 is 34.2 Å². The summed E-state index contributed by atoms with van der Waals surface area (Å²) in [4.78, 5) is 16.7. The van der Waals surface area contributed by atoms with Crippen molar-refractivity contribution in [2.75, 3.05) is 11.9 Å². The van der Waals surface area contributed by atoms with Gasteiger partial charge < -0.3 is 10.1 Å². The summed E-state index contributed by atoms with van der Waals surface area (Å²) >= 11 is 6.27. The van der Waals surface area contributed by atoms with Crippen LogP contribution in [0.15, 0.2) is 54.6 Å². The average molecular weight is 341 g/mol. The summed E-state index contributed by atoms with van der Waals surface area (Å²) in [5.41, 5.74) is 2.75. The Labute approximate surface area is 145 Å². The molecule has 0 saturated carbocycles. The maximum atomic E-state index is 12.4. The minimum absolute atomic E-state index is 0.141. The summed E-state index contributed by atoms with van der Waals surface area (Å²) < 4.78 is 5.15. The molecule has 3 rings (SSSR count). The number of hydrogen-bond acceptors (Lipinski definition) is 4. The molecule has 0 fully saturated rings. The Morgan fingerprint density at radius 2 is 1.83 bits per heavy atom. The number of nitrogens with zero attached hydrogens (tertiary/aromatic N) is 1. The van der Waals surface area contributed by atoms with Gasteiger partial charge in [-0.3, -0.25) is 0 Å². The number of anilines is 1. The van der Waals surface area contributed by atoms with Gasteiger partial charge in [-0.2, -0.15) is 0 Å². The molecule has 122 valence electrons. The van der Waals surface area contributed by atoms with E-state index < -0.39 is 5.97 Å². The lowest BCUT2D eigenvalue weighted by atomic mass is 10.1. The van der Waals surface area contributed by atoms with E-state index in [-0.39, 0.29) is 17.3 Å². The van der Waals surface area contributed by atoms with E-state index in [1.165, 1.54) is 0 Å². The van der Waals surface area contributed by atoms with Crippen LogP contribution in [0.4, 0.5) is 5.69 Å². The highest BCUT2D eigenvalue weighted by molar-refractivity contribution is 6.34. The number of fused-ring (bicyclic) bond motifs is 1. The molecular formula is C19H17ClN2O2. The number of ether oxygens (including phenoxy) is 1. The highest BCUT2D eigenvalue weighted by Gasteiger charge is 2.21. The molecular weight excluding hydrogens is 324 g/mol. The van der Waals surface area contributed by atoms with Crippen LogP contribution in [0.5, 0.6) is 0 Å². The van der Waals surface area contributed by atoms with Crippen molar-refractivity contribution in [3.05, 3.63) is 70.9 Å². The van der Waals surface area contributed by atoms with Crippen LogP contribution in [0, 0.1) is 0 Å². The zero-order valence-electron chi connectivity index (χ0n) is 13.3. The van der Waals surface area contributed by atoms with Crippen LogP contribution in [0.2, 0.25) is 5.15 Å². The van der Waals surface area contributed by atoms with E-state index in [0.717, 1.165) is 16.5 Å². The number of hydrogen-bond donors (Lipinski definition) is 1. The minimum atomic E-state index is -0.476. The normalized spacial score (nSPS) is 10.6. The number of para-hydroxylation sites is 1. The topological polar surface area (TPSA) is 51.2 Å². The monoisotopic (exact) mass is 340 g/mol. The summed E-state index contributed by atoms with van der Waals surface area (Å²) in [6, 6.07) is 17.5. The van der Waals surface area contributed by atoms with Gasteiger partial charge in [-0.05, 0) is 18.6 Å². The summed E-state index contributed by atoms with van der Waals surface area (Å²) in [5.74, 6) is -0.476. The van der Waals surface area contributed by atoms with Crippen molar-refractivity contribution in [1.82, 2.24) is 4.98 Å². The summed E-state index contributed by atoms with van der Waals surface area (Å²) in [7, 11) is 0. The van der Waals surface area contributed by atoms with E-state index in [2.05, 4.69) is 10.3 Å². The number of aromatic nitrogens is 1. The lowest BCUT2D eigenvalue weighted by Gasteiger charge is -2.15. The lowest BCUT2D eigenvalue weighted by Crippen LogP contribution is -2.12. The van der Waals surface area contributed by atoms with Gasteiger partial charge in [0.2, 0.25) is 0 Å². The molecule has 0 unspecified atom stereocenters. The molecule has 24 heavy (non-hydrogen) atoms. The number of esters is 1. The van der Waals surface area contributed by atoms with Crippen LogP contribution in [-0.2, 0) is 11.3 Å². The molecule has 0 spiro atoms. The van der Waals surface area contributed by atoms with Crippen molar-refractivity contribution in [2.45, 2.75) is 13.5 Å². The van der Waals surface area contributed by atoms with Gasteiger partial charge >= 0.3 is 5.97 Å². The van der Waals surface area contributed by atoms with Crippen LogP contribution < -0.4 is 5.32 Å². The third kappa shape index (κ3) is 3.34. The summed E-state index contributed by atoms with van der Waals surface area (Å²) in [6.45, 7) is 2.61. The van der Waals surface area contributed by atoms with Crippen molar-refractivity contribution in [3.8, 4) is 0 Å². The fraction of sp³-hybridized carbons (Fsp3) is 0.158. The Morgan fingerprint density at radius 3 is 2.58 bits per heavy atom. The van der Waals surface area contributed by atoms with Crippen LogP contribution in [-0.4, -0.2) is 17.6 Å². The third-order valence-corrected chi connectivity index (χ3v) is 3.91. The van der Waals surface area contributed by atoms with Gasteiger partial charge in [0.1, 0.15) is 10.7 Å². The number of carbonyl (C=O) groups is 1. The molecule has 3 aromatic rings. The number of carbonyl (C=O) groups excluding carboxylic acids is 1. The third-order valence-electron chi connectivity index (χ3n) is 3.64. The molecule has 0 amide bonds. The maximum Gasteiger partial charge on any atom is 0.343 e. The lowest BCUT2D eigenvalue weighted by molar-refractivity contribution is 0.0527. The molecule has 0 saturated heterocycles. The average Bonchev–Trinajstić information content (AvgIpc) is 2.60. The van der Waals surface area contributed by atoms with E-state index in [9.17, 15) is 4.79 Å². The second-order valence-corrected chi connectivity index (χ2v) is 5.59. The summed E-state index contributed by atoms with van der Waals surface area (Å²) in [6.07, 6.45) is 0. The fourth-order valence-corrected chi connectivity index (χ4v) is 2.80. The molecule has 0 atom stereocenters. The zero-order chi connectivity index (χ0) is 16.9. The Bertz CT molecular complexity index is 866. The Kier molecular flexibility index (Phi) is 4.96. The Hall–Kier alpha value is -2.59. The molecule has 0 bridgehead atoms. The van der Waals surface area contributed by atoms with E-state index in [1.807, 2.05) is 54.6 Å². The molecule has 0 aliphatic carbocycles. The minimum Gasteiger partial charge on any atom is -0.462 e. The van der Waals surface area contributed by atoms with Gasteiger partial charge in [0.15, 0.2) is 0 Å².